The highest BCUT2D eigenvalue weighted by atomic mass is 16.6. The highest BCUT2D eigenvalue weighted by Crippen LogP contribution is 2.55. The fraction of sp³-hybridized carbons (Fsp3) is 0.739. The van der Waals surface area contributed by atoms with Crippen molar-refractivity contribution < 1.29 is 38.1 Å². The molecule has 1 saturated heterocycles. The molecule has 7 atom stereocenters. The summed E-state index contributed by atoms with van der Waals surface area (Å²) in [5, 5.41) is 0. The topological polar surface area (TPSA) is 105 Å². The van der Waals surface area contributed by atoms with Gasteiger partial charge in [-0.2, -0.15) is 0 Å². The first kappa shape index (κ1) is 23.3. The van der Waals surface area contributed by atoms with Crippen LogP contribution in [0.5, 0.6) is 0 Å². The predicted octanol–water partition coefficient (Wildman–Crippen LogP) is 2.73. The second-order valence-electron chi connectivity index (χ2n) is 9.65. The highest BCUT2D eigenvalue weighted by Gasteiger charge is 2.68. The highest BCUT2D eigenvalue weighted by molar-refractivity contribution is 5.85. The van der Waals surface area contributed by atoms with E-state index in [0.717, 1.165) is 5.57 Å². The molecule has 1 heterocycles. The molecule has 2 fully saturated rings. The van der Waals surface area contributed by atoms with Gasteiger partial charge in [0.15, 0.2) is 0 Å². The van der Waals surface area contributed by atoms with E-state index in [1.807, 2.05) is 13.8 Å². The van der Waals surface area contributed by atoms with Crippen LogP contribution in [-0.4, -0.2) is 47.3 Å². The van der Waals surface area contributed by atoms with Crippen LogP contribution in [0.15, 0.2) is 11.6 Å². The van der Waals surface area contributed by atoms with Crippen molar-refractivity contribution in [2.24, 2.45) is 23.7 Å². The van der Waals surface area contributed by atoms with Crippen LogP contribution in [0.4, 0.5) is 0 Å². The number of esters is 4. The zero-order chi connectivity index (χ0) is 23.3. The van der Waals surface area contributed by atoms with Gasteiger partial charge >= 0.3 is 23.9 Å². The number of hydrogen-bond acceptors (Lipinski definition) is 8. The first-order chi connectivity index (χ1) is 14.3. The van der Waals surface area contributed by atoms with Crippen LogP contribution in [0.25, 0.3) is 0 Å². The minimum Gasteiger partial charge on any atom is -0.461 e. The van der Waals surface area contributed by atoms with E-state index in [1.165, 1.54) is 20.8 Å². The molecule has 172 valence electrons. The van der Waals surface area contributed by atoms with Crippen molar-refractivity contribution in [2.45, 2.75) is 84.7 Å². The third-order valence-electron chi connectivity index (χ3n) is 6.91. The maximum Gasteiger partial charge on any atom is 0.351 e. The number of fused-ring (bicyclic) bond motifs is 3. The molecule has 0 radical (unpaired) electrons. The van der Waals surface area contributed by atoms with Gasteiger partial charge in [-0.1, -0.05) is 25.5 Å². The third kappa shape index (κ3) is 3.96. The second-order valence-corrected chi connectivity index (χ2v) is 9.65. The molecular formula is C23H32O8. The van der Waals surface area contributed by atoms with E-state index in [1.54, 1.807) is 13.8 Å². The fourth-order valence-electron chi connectivity index (χ4n) is 5.59. The van der Waals surface area contributed by atoms with Gasteiger partial charge in [-0.25, -0.2) is 4.79 Å². The fourth-order valence-corrected chi connectivity index (χ4v) is 5.59. The van der Waals surface area contributed by atoms with Crippen LogP contribution >= 0.6 is 0 Å². The van der Waals surface area contributed by atoms with E-state index in [0.29, 0.717) is 6.42 Å². The van der Waals surface area contributed by atoms with Crippen molar-refractivity contribution in [1.29, 1.82) is 0 Å². The third-order valence-corrected chi connectivity index (χ3v) is 6.91. The monoisotopic (exact) mass is 436 g/mol. The van der Waals surface area contributed by atoms with Crippen molar-refractivity contribution in [3.05, 3.63) is 11.6 Å². The summed E-state index contributed by atoms with van der Waals surface area (Å²) in [6, 6.07) is 0. The molecule has 0 spiro atoms. The van der Waals surface area contributed by atoms with Crippen LogP contribution in [0.1, 0.15) is 61.3 Å². The largest absolute Gasteiger partial charge is 0.461 e. The summed E-state index contributed by atoms with van der Waals surface area (Å²) in [6.07, 6.45) is 1.34. The second kappa shape index (κ2) is 7.95. The van der Waals surface area contributed by atoms with Crippen LogP contribution in [-0.2, 0) is 38.1 Å². The lowest BCUT2D eigenvalue weighted by Gasteiger charge is -2.39. The Kier molecular flexibility index (Phi) is 5.97. The van der Waals surface area contributed by atoms with Crippen LogP contribution in [0.2, 0.25) is 0 Å². The van der Waals surface area contributed by atoms with Gasteiger partial charge in [0.2, 0.25) is 5.60 Å². The number of allylic oxidation sites excluding steroid dienone is 1. The summed E-state index contributed by atoms with van der Waals surface area (Å²) < 4.78 is 23.0. The van der Waals surface area contributed by atoms with Gasteiger partial charge in [0.05, 0.1) is 11.8 Å². The van der Waals surface area contributed by atoms with Crippen molar-refractivity contribution >= 4 is 23.9 Å². The summed E-state index contributed by atoms with van der Waals surface area (Å²) in [5.74, 6) is -3.73. The van der Waals surface area contributed by atoms with Gasteiger partial charge < -0.3 is 18.9 Å². The molecular weight excluding hydrogens is 404 g/mol. The number of hydrogen-bond donors (Lipinski definition) is 0. The Morgan fingerprint density at radius 1 is 1.13 bits per heavy atom. The maximum atomic E-state index is 13.0. The smallest absolute Gasteiger partial charge is 0.351 e. The quantitative estimate of drug-likeness (QED) is 0.376. The number of carbonyl (C=O) groups excluding carboxylic acids is 4. The molecule has 3 aliphatic rings. The van der Waals surface area contributed by atoms with E-state index >= 15 is 0 Å². The van der Waals surface area contributed by atoms with E-state index in [2.05, 4.69) is 6.08 Å². The molecule has 8 heteroatoms. The van der Waals surface area contributed by atoms with E-state index in [4.69, 9.17) is 18.9 Å². The lowest BCUT2D eigenvalue weighted by molar-refractivity contribution is -0.184. The first-order valence-corrected chi connectivity index (χ1v) is 10.8. The van der Waals surface area contributed by atoms with E-state index < -0.39 is 59.1 Å². The molecule has 0 aromatic carbocycles. The van der Waals surface area contributed by atoms with Crippen molar-refractivity contribution in [3.63, 3.8) is 0 Å². The minimum atomic E-state index is -1.62. The number of carbonyl (C=O) groups is 4. The van der Waals surface area contributed by atoms with Gasteiger partial charge in [0, 0.05) is 32.1 Å². The molecule has 8 nitrogen and oxygen atoms in total. The molecule has 2 aliphatic carbocycles. The Morgan fingerprint density at radius 3 is 2.29 bits per heavy atom. The van der Waals surface area contributed by atoms with Crippen molar-refractivity contribution in [3.8, 4) is 0 Å². The zero-order valence-corrected chi connectivity index (χ0v) is 19.2. The molecule has 0 N–H and O–H groups in total. The zero-order valence-electron chi connectivity index (χ0n) is 19.2. The van der Waals surface area contributed by atoms with Gasteiger partial charge in [0.25, 0.3) is 0 Å². The van der Waals surface area contributed by atoms with E-state index in [9.17, 15) is 19.2 Å². The maximum absolute atomic E-state index is 13.0. The molecule has 0 aromatic heterocycles. The summed E-state index contributed by atoms with van der Waals surface area (Å²) in [5.41, 5.74) is -1.57. The molecule has 0 unspecified atom stereocenters. The molecule has 1 aliphatic heterocycles. The SMILES string of the molecule is CC(=O)O[C@@]1(C)C[C@H](OC(=O)C(C)C)[C@@H]2[C@@H](OC(=O)[C@@]2(C)OC(C)=O)[C@@H]2C(C)=CC[C@@H]21. The molecule has 1 saturated carbocycles. The van der Waals surface area contributed by atoms with Crippen LogP contribution in [0.3, 0.4) is 0 Å². The summed E-state index contributed by atoms with van der Waals surface area (Å²) >= 11 is 0. The minimum absolute atomic E-state index is 0.167. The lowest BCUT2D eigenvalue weighted by atomic mass is 9.75. The van der Waals surface area contributed by atoms with Gasteiger partial charge in [-0.3, -0.25) is 14.4 Å². The number of ether oxygens (including phenoxy) is 4. The Morgan fingerprint density at radius 2 is 1.74 bits per heavy atom. The lowest BCUT2D eigenvalue weighted by Crippen LogP contribution is -2.51. The van der Waals surface area contributed by atoms with E-state index in [-0.39, 0.29) is 18.3 Å². The molecule has 0 aromatic rings. The van der Waals surface area contributed by atoms with Gasteiger partial charge in [0.1, 0.15) is 17.8 Å². The molecule has 0 amide bonds. The van der Waals surface area contributed by atoms with Crippen LogP contribution < -0.4 is 0 Å². The first-order valence-electron chi connectivity index (χ1n) is 10.8. The average Bonchev–Trinajstić information content (AvgIpc) is 3.08. The van der Waals surface area contributed by atoms with Crippen LogP contribution in [0, 0.1) is 23.7 Å². The molecule has 0 bridgehead atoms. The Hall–Kier alpha value is -2.38. The van der Waals surface area contributed by atoms with Crippen molar-refractivity contribution in [2.75, 3.05) is 0 Å². The summed E-state index contributed by atoms with van der Waals surface area (Å²) in [6.45, 7) is 11.3. The van der Waals surface area contributed by atoms with Gasteiger partial charge in [-0.15, -0.1) is 0 Å². The Labute approximate surface area is 182 Å². The standard InChI is InChI=1S/C23H32O8/c1-11(2)20(26)28-16-10-22(6,30-13(4)24)15-9-8-12(3)17(15)19-18(16)23(7,21(27)29-19)31-14(5)25/h8,11,15-19H,9-10H2,1-7H3/t15-,16-,17+,18+,19-,22-,23-/m0/s1. The Bertz CT molecular complexity index is 829. The summed E-state index contributed by atoms with van der Waals surface area (Å²) in [4.78, 5) is 49.5. The average molecular weight is 437 g/mol. The van der Waals surface area contributed by atoms with Gasteiger partial charge in [-0.05, 0) is 27.2 Å². The summed E-state index contributed by atoms with van der Waals surface area (Å²) in [7, 11) is 0. The predicted molar refractivity (Wildman–Crippen MR) is 108 cm³/mol. The molecule has 3 rings (SSSR count). The molecule has 31 heavy (non-hydrogen) atoms. The normalized spacial score (nSPS) is 39.0. The number of rotatable bonds is 4. The Balaban J connectivity index is 2.15. The van der Waals surface area contributed by atoms with Crippen molar-refractivity contribution in [1.82, 2.24) is 0 Å².